The van der Waals surface area contributed by atoms with Crippen molar-refractivity contribution in [3.05, 3.63) is 33.9 Å². The number of carbonyl (C=O) groups excluding carboxylic acids is 1. The van der Waals surface area contributed by atoms with Crippen molar-refractivity contribution in [3.8, 4) is 0 Å². The van der Waals surface area contributed by atoms with Gasteiger partial charge >= 0.3 is 0 Å². The predicted molar refractivity (Wildman–Crippen MR) is 69.2 cm³/mol. The molecule has 0 spiro atoms. The highest BCUT2D eigenvalue weighted by Crippen LogP contribution is 2.28. The van der Waals surface area contributed by atoms with Gasteiger partial charge < -0.3 is 10.4 Å². The van der Waals surface area contributed by atoms with E-state index in [2.05, 4.69) is 5.32 Å². The first-order valence-corrected chi connectivity index (χ1v) is 6.66. The minimum atomic E-state index is -2.97. The first kappa shape index (κ1) is 16.3. The van der Waals surface area contributed by atoms with Gasteiger partial charge in [0, 0.05) is 18.2 Å². The average Bonchev–Trinajstić information content (AvgIpc) is 2.43. The van der Waals surface area contributed by atoms with Crippen molar-refractivity contribution >= 4 is 23.4 Å². The Bertz CT molecular complexity index is 513. The van der Waals surface area contributed by atoms with Gasteiger partial charge in [-0.25, -0.2) is 8.78 Å². The molecule has 9 heteroatoms. The largest absolute Gasteiger partial charge is 0.385 e. The summed E-state index contributed by atoms with van der Waals surface area (Å²) in [4.78, 5) is 22.2. The van der Waals surface area contributed by atoms with Crippen LogP contribution in [0.3, 0.4) is 0 Å². The fraction of sp³-hybridized carbons (Fsp3) is 0.364. The lowest BCUT2D eigenvalue weighted by atomic mass is 10.2. The van der Waals surface area contributed by atoms with Crippen molar-refractivity contribution in [2.75, 3.05) is 12.8 Å². The molecule has 0 aliphatic rings. The van der Waals surface area contributed by atoms with Gasteiger partial charge in [0.2, 0.25) is 0 Å². The minimum Gasteiger partial charge on any atom is -0.385 e. The molecule has 0 radical (unpaired) electrons. The van der Waals surface area contributed by atoms with Crippen LogP contribution in [-0.4, -0.2) is 41.3 Å². The second kappa shape index (κ2) is 7.15. The summed E-state index contributed by atoms with van der Waals surface area (Å²) in [6.07, 6.45) is -3.29. The van der Waals surface area contributed by atoms with Crippen LogP contribution in [0, 0.1) is 10.1 Å². The SMILES string of the molecule is CSc1ccc(C(=O)NCC(O)C(F)F)cc1[N+](=O)[O-]. The maximum atomic E-state index is 12.1. The van der Waals surface area contributed by atoms with E-state index in [1.165, 1.54) is 12.1 Å². The number of nitro benzene ring substituents is 1. The number of benzene rings is 1. The lowest BCUT2D eigenvalue weighted by Gasteiger charge is -2.10. The summed E-state index contributed by atoms with van der Waals surface area (Å²) in [5, 5.41) is 21.8. The van der Waals surface area contributed by atoms with Crippen LogP contribution in [-0.2, 0) is 0 Å². The molecule has 1 amide bonds. The van der Waals surface area contributed by atoms with Crippen molar-refractivity contribution in [2.45, 2.75) is 17.4 Å². The molecule has 1 aromatic carbocycles. The number of amides is 1. The van der Waals surface area contributed by atoms with E-state index >= 15 is 0 Å². The predicted octanol–water partition coefficient (Wildman–Crippen LogP) is 1.67. The number of hydrogen-bond donors (Lipinski definition) is 2. The Morgan fingerprint density at radius 1 is 1.55 bits per heavy atom. The van der Waals surface area contributed by atoms with Gasteiger partial charge in [0.05, 0.1) is 9.82 Å². The van der Waals surface area contributed by atoms with Gasteiger partial charge in [0.25, 0.3) is 18.0 Å². The monoisotopic (exact) mass is 306 g/mol. The van der Waals surface area contributed by atoms with Gasteiger partial charge in [-0.05, 0) is 18.4 Å². The van der Waals surface area contributed by atoms with E-state index in [0.29, 0.717) is 4.90 Å². The zero-order valence-electron chi connectivity index (χ0n) is 10.4. The van der Waals surface area contributed by atoms with Crippen molar-refractivity contribution in [2.24, 2.45) is 0 Å². The Labute approximate surface area is 117 Å². The van der Waals surface area contributed by atoms with Gasteiger partial charge in [-0.1, -0.05) is 0 Å². The number of nitrogens with zero attached hydrogens (tertiary/aromatic N) is 1. The normalized spacial score (nSPS) is 12.2. The highest BCUT2D eigenvalue weighted by atomic mass is 32.2. The second-order valence-corrected chi connectivity index (χ2v) is 4.60. The van der Waals surface area contributed by atoms with E-state index in [1.807, 2.05) is 0 Å². The molecule has 1 rings (SSSR count). The standard InChI is InChI=1S/C11H12F2N2O4S/c1-20-9-3-2-6(4-7(9)15(18)19)11(17)14-5-8(16)10(12)13/h2-4,8,10,16H,5H2,1H3,(H,14,17). The van der Waals surface area contributed by atoms with Crippen LogP contribution < -0.4 is 5.32 Å². The lowest BCUT2D eigenvalue weighted by Crippen LogP contribution is -2.35. The zero-order chi connectivity index (χ0) is 15.3. The summed E-state index contributed by atoms with van der Waals surface area (Å²) in [5.74, 6) is -0.763. The molecule has 1 atom stereocenters. The Balaban J connectivity index is 2.84. The van der Waals surface area contributed by atoms with Crippen LogP contribution in [0.4, 0.5) is 14.5 Å². The Kier molecular flexibility index (Phi) is 5.83. The number of nitrogens with one attached hydrogen (secondary N) is 1. The van der Waals surface area contributed by atoms with Crippen molar-refractivity contribution < 1.29 is 23.6 Å². The van der Waals surface area contributed by atoms with Crippen molar-refractivity contribution in [1.82, 2.24) is 5.32 Å². The molecular formula is C11H12F2N2O4S. The third-order valence-electron chi connectivity index (χ3n) is 2.40. The Morgan fingerprint density at radius 2 is 2.20 bits per heavy atom. The first-order chi connectivity index (χ1) is 9.36. The van der Waals surface area contributed by atoms with Gasteiger partial charge in [0.1, 0.15) is 6.10 Å². The van der Waals surface area contributed by atoms with Crippen LogP contribution in [0.1, 0.15) is 10.4 Å². The van der Waals surface area contributed by atoms with Crippen LogP contribution in [0.2, 0.25) is 0 Å². The molecule has 0 aliphatic carbocycles. The number of halogens is 2. The van der Waals surface area contributed by atoms with E-state index in [4.69, 9.17) is 5.11 Å². The molecule has 2 N–H and O–H groups in total. The van der Waals surface area contributed by atoms with Gasteiger partial charge in [-0.2, -0.15) is 0 Å². The number of aliphatic hydroxyl groups is 1. The van der Waals surface area contributed by atoms with E-state index in [0.717, 1.165) is 17.8 Å². The van der Waals surface area contributed by atoms with E-state index in [9.17, 15) is 23.7 Å². The van der Waals surface area contributed by atoms with Crippen LogP contribution in [0.15, 0.2) is 23.1 Å². The number of hydrogen-bond acceptors (Lipinski definition) is 5. The summed E-state index contributed by atoms with van der Waals surface area (Å²) in [6, 6.07) is 3.82. The third kappa shape index (κ3) is 4.14. The Morgan fingerprint density at radius 3 is 2.70 bits per heavy atom. The molecule has 1 aromatic rings. The van der Waals surface area contributed by atoms with E-state index in [-0.39, 0.29) is 11.3 Å². The molecule has 110 valence electrons. The quantitative estimate of drug-likeness (QED) is 0.474. The number of nitro groups is 1. The molecule has 0 fully saturated rings. The maximum Gasteiger partial charge on any atom is 0.283 e. The van der Waals surface area contributed by atoms with Crippen molar-refractivity contribution in [3.63, 3.8) is 0 Å². The summed E-state index contributed by atoms with van der Waals surface area (Å²) < 4.78 is 24.1. The molecule has 0 bridgehead atoms. The molecule has 20 heavy (non-hydrogen) atoms. The molecule has 0 aliphatic heterocycles. The smallest absolute Gasteiger partial charge is 0.283 e. The van der Waals surface area contributed by atoms with Gasteiger partial charge in [0.15, 0.2) is 0 Å². The molecule has 0 heterocycles. The summed E-state index contributed by atoms with van der Waals surface area (Å²) in [5.41, 5.74) is -0.268. The van der Waals surface area contributed by atoms with Crippen LogP contribution in [0.25, 0.3) is 0 Å². The number of alkyl halides is 2. The number of carbonyl (C=O) groups is 1. The fourth-order valence-corrected chi connectivity index (χ4v) is 1.91. The summed E-state index contributed by atoms with van der Waals surface area (Å²) >= 11 is 1.15. The number of rotatable bonds is 6. The first-order valence-electron chi connectivity index (χ1n) is 5.43. The highest BCUT2D eigenvalue weighted by molar-refractivity contribution is 7.98. The topological polar surface area (TPSA) is 92.5 Å². The zero-order valence-corrected chi connectivity index (χ0v) is 11.2. The van der Waals surface area contributed by atoms with Gasteiger partial charge in [-0.15, -0.1) is 11.8 Å². The fourth-order valence-electron chi connectivity index (χ4n) is 1.36. The second-order valence-electron chi connectivity index (χ2n) is 3.76. The molecule has 1 unspecified atom stereocenters. The number of thioether (sulfide) groups is 1. The molecule has 0 aromatic heterocycles. The summed E-state index contributed by atoms with van der Waals surface area (Å²) in [6.45, 7) is -0.630. The average molecular weight is 306 g/mol. The molecular weight excluding hydrogens is 294 g/mol. The molecule has 0 saturated heterocycles. The van der Waals surface area contributed by atoms with E-state index < -0.39 is 29.9 Å². The third-order valence-corrected chi connectivity index (χ3v) is 3.19. The molecule has 0 saturated carbocycles. The van der Waals surface area contributed by atoms with Gasteiger partial charge in [-0.3, -0.25) is 14.9 Å². The van der Waals surface area contributed by atoms with E-state index in [1.54, 1.807) is 6.26 Å². The molecule has 6 nitrogen and oxygen atoms in total. The minimum absolute atomic E-state index is 0.0315. The van der Waals surface area contributed by atoms with Crippen LogP contribution in [0.5, 0.6) is 0 Å². The van der Waals surface area contributed by atoms with Crippen LogP contribution >= 0.6 is 11.8 Å². The summed E-state index contributed by atoms with van der Waals surface area (Å²) in [7, 11) is 0. The highest BCUT2D eigenvalue weighted by Gasteiger charge is 2.20. The number of aliphatic hydroxyl groups excluding tert-OH is 1. The maximum absolute atomic E-state index is 12.1. The van der Waals surface area contributed by atoms with Crippen molar-refractivity contribution in [1.29, 1.82) is 0 Å². The lowest BCUT2D eigenvalue weighted by molar-refractivity contribution is -0.387. The Hall–Kier alpha value is -1.74.